The van der Waals surface area contributed by atoms with E-state index in [1.165, 1.54) is 0 Å². The van der Waals surface area contributed by atoms with Gasteiger partial charge in [0.2, 0.25) is 0 Å². The average molecular weight is 287 g/mol. The van der Waals surface area contributed by atoms with Crippen LogP contribution in [0.15, 0.2) is 4.47 Å². The van der Waals surface area contributed by atoms with Crippen LogP contribution < -0.4 is 5.73 Å². The minimum atomic E-state index is -0.360. The zero-order valence-electron chi connectivity index (χ0n) is 10.3. The van der Waals surface area contributed by atoms with E-state index in [9.17, 15) is 4.79 Å². The van der Waals surface area contributed by atoms with Crippen LogP contribution in [0, 0.1) is 6.92 Å². The Morgan fingerprint density at radius 3 is 2.44 bits per heavy atom. The molecule has 0 aliphatic carbocycles. The molecule has 0 aliphatic rings. The Kier molecular flexibility index (Phi) is 4.19. The van der Waals surface area contributed by atoms with Crippen LogP contribution in [0.1, 0.15) is 54.9 Å². The second-order valence-electron chi connectivity index (χ2n) is 4.33. The lowest BCUT2D eigenvalue weighted by Crippen LogP contribution is -2.13. The quantitative estimate of drug-likeness (QED) is 0.908. The minimum Gasteiger partial charge on any atom is -0.366 e. The number of aromatic nitrogens is 1. The lowest BCUT2D eigenvalue weighted by Gasteiger charge is -2.13. The van der Waals surface area contributed by atoms with E-state index in [2.05, 4.69) is 41.3 Å². The van der Waals surface area contributed by atoms with E-state index in [4.69, 9.17) is 5.73 Å². The molecule has 3 nitrogen and oxygen atoms in total. The molecule has 0 aromatic carbocycles. The van der Waals surface area contributed by atoms with Gasteiger partial charge in [-0.3, -0.25) is 4.79 Å². The van der Waals surface area contributed by atoms with E-state index in [0.717, 1.165) is 28.8 Å². The first-order valence-corrected chi connectivity index (χ1v) is 6.39. The fraction of sp³-hybridized carbons (Fsp3) is 0.583. The highest BCUT2D eigenvalue weighted by Crippen LogP contribution is 2.33. The van der Waals surface area contributed by atoms with Crippen molar-refractivity contribution in [2.45, 2.75) is 46.6 Å². The standard InChI is InChI=1S/C12H19BrN2O/c1-5-6-15-8(4)9(12(14)16)10(13)11(15)7(2)3/h7H,5-6H2,1-4H3,(H2,14,16). The van der Waals surface area contributed by atoms with Crippen molar-refractivity contribution < 1.29 is 4.79 Å². The van der Waals surface area contributed by atoms with Crippen LogP contribution in [0.2, 0.25) is 0 Å². The van der Waals surface area contributed by atoms with Crippen molar-refractivity contribution in [1.29, 1.82) is 0 Å². The number of hydrogen-bond donors (Lipinski definition) is 1. The molecule has 0 unspecified atom stereocenters. The van der Waals surface area contributed by atoms with Gasteiger partial charge in [0.15, 0.2) is 0 Å². The molecular formula is C12H19BrN2O. The summed E-state index contributed by atoms with van der Waals surface area (Å²) in [5.74, 6) is 0.00820. The average Bonchev–Trinajstić information content (AvgIpc) is 2.39. The van der Waals surface area contributed by atoms with Crippen molar-refractivity contribution in [3.8, 4) is 0 Å². The van der Waals surface area contributed by atoms with Crippen molar-refractivity contribution in [2.24, 2.45) is 5.73 Å². The van der Waals surface area contributed by atoms with Crippen LogP contribution in [0.4, 0.5) is 0 Å². The summed E-state index contributed by atoms with van der Waals surface area (Å²) in [4.78, 5) is 11.4. The summed E-state index contributed by atoms with van der Waals surface area (Å²) < 4.78 is 3.05. The third-order valence-electron chi connectivity index (χ3n) is 2.74. The Bertz CT molecular complexity index is 408. The summed E-state index contributed by atoms with van der Waals surface area (Å²) in [6.07, 6.45) is 1.04. The molecule has 0 saturated heterocycles. The minimum absolute atomic E-state index is 0.360. The van der Waals surface area contributed by atoms with E-state index >= 15 is 0 Å². The molecule has 1 amide bonds. The first-order chi connectivity index (χ1) is 7.41. The molecule has 4 heteroatoms. The molecule has 0 bridgehead atoms. The van der Waals surface area contributed by atoms with Crippen LogP contribution in [-0.4, -0.2) is 10.5 Å². The van der Waals surface area contributed by atoms with Gasteiger partial charge in [0, 0.05) is 17.9 Å². The number of nitrogens with two attached hydrogens (primary N) is 1. The first-order valence-electron chi connectivity index (χ1n) is 5.60. The van der Waals surface area contributed by atoms with Gasteiger partial charge in [0.25, 0.3) is 5.91 Å². The van der Waals surface area contributed by atoms with Crippen LogP contribution in [-0.2, 0) is 6.54 Å². The van der Waals surface area contributed by atoms with Crippen molar-refractivity contribution in [3.63, 3.8) is 0 Å². The van der Waals surface area contributed by atoms with Crippen LogP contribution in [0.5, 0.6) is 0 Å². The molecule has 0 fully saturated rings. The van der Waals surface area contributed by atoms with Gasteiger partial charge in [-0.05, 0) is 35.2 Å². The summed E-state index contributed by atoms with van der Waals surface area (Å²) in [7, 11) is 0. The number of carbonyl (C=O) groups is 1. The Hall–Kier alpha value is -0.770. The number of primary amides is 1. The second kappa shape index (κ2) is 5.04. The van der Waals surface area contributed by atoms with E-state index in [-0.39, 0.29) is 5.91 Å². The highest BCUT2D eigenvalue weighted by Gasteiger charge is 2.22. The third kappa shape index (κ3) is 2.17. The van der Waals surface area contributed by atoms with E-state index in [1.54, 1.807) is 0 Å². The smallest absolute Gasteiger partial charge is 0.251 e. The van der Waals surface area contributed by atoms with Crippen LogP contribution in [0.3, 0.4) is 0 Å². The monoisotopic (exact) mass is 286 g/mol. The fourth-order valence-electron chi connectivity index (χ4n) is 2.08. The number of rotatable bonds is 4. The van der Waals surface area contributed by atoms with Gasteiger partial charge in [-0.25, -0.2) is 0 Å². The van der Waals surface area contributed by atoms with Gasteiger partial charge in [0.05, 0.1) is 10.0 Å². The zero-order valence-corrected chi connectivity index (χ0v) is 11.9. The highest BCUT2D eigenvalue weighted by molar-refractivity contribution is 9.10. The Morgan fingerprint density at radius 2 is 2.06 bits per heavy atom. The van der Waals surface area contributed by atoms with Crippen molar-refractivity contribution in [3.05, 3.63) is 21.4 Å². The number of nitrogens with zero attached hydrogens (tertiary/aromatic N) is 1. The first kappa shape index (κ1) is 13.3. The second-order valence-corrected chi connectivity index (χ2v) is 5.12. The zero-order chi connectivity index (χ0) is 12.5. The van der Waals surface area contributed by atoms with Gasteiger partial charge >= 0.3 is 0 Å². The highest BCUT2D eigenvalue weighted by atomic mass is 79.9. The van der Waals surface area contributed by atoms with Gasteiger partial charge in [-0.2, -0.15) is 0 Å². The lowest BCUT2D eigenvalue weighted by molar-refractivity contribution is 0.0999. The SMILES string of the molecule is CCCn1c(C)c(C(N)=O)c(Br)c1C(C)C. The molecule has 0 saturated carbocycles. The maximum absolute atomic E-state index is 11.4. The molecule has 1 aromatic heterocycles. The molecule has 0 radical (unpaired) electrons. The van der Waals surface area contributed by atoms with E-state index < -0.39 is 0 Å². The molecule has 90 valence electrons. The fourth-order valence-corrected chi connectivity index (χ4v) is 3.24. The summed E-state index contributed by atoms with van der Waals surface area (Å²) in [5.41, 5.74) is 8.16. The van der Waals surface area contributed by atoms with Crippen LogP contribution >= 0.6 is 15.9 Å². The molecule has 1 rings (SSSR count). The van der Waals surface area contributed by atoms with E-state index in [1.807, 2.05) is 6.92 Å². The maximum atomic E-state index is 11.4. The van der Waals surface area contributed by atoms with Crippen molar-refractivity contribution >= 4 is 21.8 Å². The summed E-state index contributed by atoms with van der Waals surface area (Å²) >= 11 is 3.50. The molecule has 1 aromatic rings. The predicted molar refractivity (Wildman–Crippen MR) is 69.8 cm³/mol. The summed E-state index contributed by atoms with van der Waals surface area (Å²) in [6, 6.07) is 0. The Labute approximate surface area is 105 Å². The third-order valence-corrected chi connectivity index (χ3v) is 3.55. The molecule has 0 atom stereocenters. The van der Waals surface area contributed by atoms with Crippen molar-refractivity contribution in [1.82, 2.24) is 4.57 Å². The molecule has 16 heavy (non-hydrogen) atoms. The van der Waals surface area contributed by atoms with Gasteiger partial charge < -0.3 is 10.3 Å². The largest absolute Gasteiger partial charge is 0.366 e. The Balaban J connectivity index is 3.46. The Morgan fingerprint density at radius 1 is 1.50 bits per heavy atom. The summed E-state index contributed by atoms with van der Waals surface area (Å²) in [5, 5.41) is 0. The maximum Gasteiger partial charge on any atom is 0.251 e. The van der Waals surface area contributed by atoms with Gasteiger partial charge in [0.1, 0.15) is 0 Å². The molecule has 2 N–H and O–H groups in total. The summed E-state index contributed by atoms with van der Waals surface area (Å²) in [6.45, 7) is 9.24. The number of halogens is 1. The molecule has 0 aliphatic heterocycles. The van der Waals surface area contributed by atoms with Crippen molar-refractivity contribution in [2.75, 3.05) is 0 Å². The number of carbonyl (C=O) groups excluding carboxylic acids is 1. The lowest BCUT2D eigenvalue weighted by atomic mass is 10.1. The predicted octanol–water partition coefficient (Wildman–Crippen LogP) is 3.19. The molecule has 1 heterocycles. The number of amides is 1. The topological polar surface area (TPSA) is 48.0 Å². The molecule has 0 spiro atoms. The van der Waals surface area contributed by atoms with Crippen LogP contribution in [0.25, 0.3) is 0 Å². The van der Waals surface area contributed by atoms with Gasteiger partial charge in [-0.1, -0.05) is 20.8 Å². The van der Waals surface area contributed by atoms with Gasteiger partial charge in [-0.15, -0.1) is 0 Å². The normalized spacial score (nSPS) is 11.1. The van der Waals surface area contributed by atoms with E-state index in [0.29, 0.717) is 11.5 Å². The molecular weight excluding hydrogens is 268 g/mol. The number of hydrogen-bond acceptors (Lipinski definition) is 1.